The summed E-state index contributed by atoms with van der Waals surface area (Å²) in [6.07, 6.45) is 0. The number of anilines is 1. The van der Waals surface area contributed by atoms with Crippen molar-refractivity contribution in [3.8, 4) is 5.75 Å². The second-order valence-electron chi connectivity index (χ2n) is 12.1. The molecule has 0 saturated carbocycles. The highest BCUT2D eigenvalue weighted by atomic mass is 32.2. The summed E-state index contributed by atoms with van der Waals surface area (Å²) < 4.78 is 71.6. The summed E-state index contributed by atoms with van der Waals surface area (Å²) in [4.78, 5) is 2.73. The molecule has 0 radical (unpaired) electrons. The monoisotopic (exact) mass is 836 g/mol. The fourth-order valence-corrected chi connectivity index (χ4v) is 7.28. The van der Waals surface area contributed by atoms with Crippen molar-refractivity contribution in [2.24, 2.45) is 30.7 Å². The number of hydrogen-bond donors (Lipinski definition) is 5. The number of benzene rings is 7. The van der Waals surface area contributed by atoms with Crippen LogP contribution in [0, 0.1) is 6.57 Å². The Morgan fingerprint density at radius 2 is 1.21 bits per heavy atom. The molecule has 0 aliphatic carbocycles. The summed E-state index contributed by atoms with van der Waals surface area (Å²) in [5, 5.41) is 51.9. The third-order valence-electron chi connectivity index (χ3n) is 8.49. The smallest absolute Gasteiger partial charge is 0.294 e. The molecule has 0 bridgehead atoms. The summed E-state index contributed by atoms with van der Waals surface area (Å²) >= 11 is 0.497. The zero-order valence-electron chi connectivity index (χ0n) is 29.1. The number of azo groups is 3. The molecular formula is C37H24N8O10S3. The molecule has 58 heavy (non-hydrogen) atoms. The van der Waals surface area contributed by atoms with E-state index in [0.29, 0.717) is 56.3 Å². The quantitative estimate of drug-likeness (QED) is 0.0155. The third kappa shape index (κ3) is 8.34. The molecule has 7 aromatic rings. The predicted molar refractivity (Wildman–Crippen MR) is 213 cm³/mol. The van der Waals surface area contributed by atoms with Crippen LogP contribution in [0.1, 0.15) is 0 Å². The Morgan fingerprint density at radius 3 is 1.84 bits per heavy atom. The Balaban J connectivity index is 1.29. The third-order valence-corrected chi connectivity index (χ3v) is 10.8. The zero-order chi connectivity index (χ0) is 41.2. The maximum absolute atomic E-state index is 12.1. The van der Waals surface area contributed by atoms with Gasteiger partial charge in [0.2, 0.25) is 0 Å². The van der Waals surface area contributed by atoms with E-state index in [1.165, 1.54) is 60.7 Å². The molecule has 0 atom stereocenters. The lowest BCUT2D eigenvalue weighted by Gasteiger charge is -2.10. The minimum absolute atomic E-state index is 0.0891. The normalized spacial score (nSPS) is 12.4. The number of nitrogen functional groups attached to an aromatic ring is 1. The first-order valence-electron chi connectivity index (χ1n) is 16.2. The maximum Gasteiger partial charge on any atom is 0.294 e. The van der Waals surface area contributed by atoms with Gasteiger partial charge in [-0.25, -0.2) is 10.1 Å². The minimum Gasteiger partial charge on any atom is -0.505 e. The average Bonchev–Trinajstić information content (AvgIpc) is 3.21. The Morgan fingerprint density at radius 1 is 0.621 bits per heavy atom. The molecule has 0 unspecified atom stereocenters. The van der Waals surface area contributed by atoms with Crippen LogP contribution in [0.3, 0.4) is 0 Å². The zero-order valence-corrected chi connectivity index (χ0v) is 31.5. The van der Waals surface area contributed by atoms with Crippen LogP contribution in [0.25, 0.3) is 37.2 Å². The number of fused-ring (bicyclic) bond motifs is 3. The second kappa shape index (κ2) is 16.0. The molecule has 0 heterocycles. The van der Waals surface area contributed by atoms with Crippen molar-refractivity contribution in [2.75, 3.05) is 5.73 Å². The molecule has 21 heteroatoms. The molecule has 0 aromatic heterocycles. The summed E-state index contributed by atoms with van der Waals surface area (Å²) in [5.41, 5.74) is 7.87. The van der Waals surface area contributed by atoms with Crippen molar-refractivity contribution >= 4 is 110 Å². The van der Waals surface area contributed by atoms with Crippen molar-refractivity contribution in [1.29, 1.82) is 0 Å². The van der Waals surface area contributed by atoms with Gasteiger partial charge in [0.15, 0.2) is 11.4 Å². The van der Waals surface area contributed by atoms with Gasteiger partial charge in [0, 0.05) is 32.6 Å². The Bertz CT molecular complexity index is 3170. The fourth-order valence-electron chi connectivity index (χ4n) is 5.77. The van der Waals surface area contributed by atoms with Gasteiger partial charge in [-0.05, 0) is 84.2 Å². The maximum atomic E-state index is 12.1. The van der Waals surface area contributed by atoms with Gasteiger partial charge < -0.3 is 10.8 Å². The summed E-state index contributed by atoms with van der Waals surface area (Å²) in [5.74, 6) is -0.409. The summed E-state index contributed by atoms with van der Waals surface area (Å²) in [6, 6.07) is 26.4. The molecule has 0 saturated heterocycles. The van der Waals surface area contributed by atoms with Gasteiger partial charge in [-0.2, -0.15) is 27.1 Å². The fraction of sp³-hybridized carbons (Fsp3) is 0. The van der Waals surface area contributed by atoms with Gasteiger partial charge >= 0.3 is 0 Å². The van der Waals surface area contributed by atoms with Crippen LogP contribution in [-0.4, -0.2) is 36.3 Å². The summed E-state index contributed by atoms with van der Waals surface area (Å²) in [6.45, 7) is 7.23. The van der Waals surface area contributed by atoms with Crippen LogP contribution in [-0.2, 0) is 29.6 Å². The van der Waals surface area contributed by atoms with E-state index >= 15 is 0 Å². The number of phenols is 1. The van der Waals surface area contributed by atoms with Gasteiger partial charge in [0.05, 0.1) is 61.7 Å². The highest BCUT2D eigenvalue weighted by molar-refractivity contribution is 7.94. The van der Waals surface area contributed by atoms with E-state index in [9.17, 15) is 31.0 Å². The molecule has 6 N–H and O–H groups in total. The molecule has 0 amide bonds. The van der Waals surface area contributed by atoms with Gasteiger partial charge in [-0.1, -0.05) is 35.4 Å². The van der Waals surface area contributed by atoms with E-state index in [-0.39, 0.29) is 43.3 Å². The van der Waals surface area contributed by atoms with Crippen molar-refractivity contribution in [1.82, 2.24) is 0 Å². The molecule has 0 aliphatic rings. The molecule has 7 rings (SSSR count). The topological polar surface area (TPSA) is 272 Å². The van der Waals surface area contributed by atoms with Gasteiger partial charge in [-0.15, -0.1) is 24.8 Å². The highest BCUT2D eigenvalue weighted by Gasteiger charge is 2.18. The highest BCUT2D eigenvalue weighted by Crippen LogP contribution is 2.46. The van der Waals surface area contributed by atoms with E-state index in [1.54, 1.807) is 48.5 Å². The lowest BCUT2D eigenvalue weighted by atomic mass is 10.1. The van der Waals surface area contributed by atoms with Crippen LogP contribution >= 0.6 is 12.0 Å². The average molecular weight is 837 g/mol. The van der Waals surface area contributed by atoms with Gasteiger partial charge in [-0.3, -0.25) is 9.11 Å². The lowest BCUT2D eigenvalue weighted by Crippen LogP contribution is -1.98. The van der Waals surface area contributed by atoms with Crippen LogP contribution < -0.4 is 5.73 Å². The molecule has 0 fully saturated rings. The van der Waals surface area contributed by atoms with Crippen LogP contribution in [0.15, 0.2) is 155 Å². The standard InChI is InChI=1S/C37H24N8O10S3/c1-39-21-3-2-4-22(16-21)40-43-33-13-14-34(30-19-25(58(51,52)53)8-10-27(30)33)44-45-36-35(56-55-54-47)15-20-5-6-23(17-28(20)37(36)46)41-42-32-12-11-31(38)29-18-24(57(48,49)50)7-9-26(29)32/h2-19,46-47H,38H2,(H,48,49,50)(H,51,52,53). The van der Waals surface area contributed by atoms with Crippen molar-refractivity contribution in [3.05, 3.63) is 121 Å². The van der Waals surface area contributed by atoms with E-state index in [4.69, 9.17) is 17.6 Å². The first-order chi connectivity index (χ1) is 27.7. The number of hydrogen-bond acceptors (Lipinski definition) is 16. The number of phenolic OH excluding ortho intramolecular Hbond substituents is 1. The van der Waals surface area contributed by atoms with E-state index in [2.05, 4.69) is 44.9 Å². The SMILES string of the molecule is [C-]#[N+]c1cccc(N=Nc2ccc(N=Nc3c(SOOO)cc4ccc(N=Nc5ccc(N)c6cc(S(=O)(=O)O)ccc56)cc4c3O)c3cc(S(=O)(=O)O)ccc23)c1. The summed E-state index contributed by atoms with van der Waals surface area (Å²) in [7, 11) is -9.14. The van der Waals surface area contributed by atoms with Crippen LogP contribution in [0.2, 0.25) is 0 Å². The number of nitrogens with zero attached hydrogens (tertiary/aromatic N) is 7. The second-order valence-corrected chi connectivity index (χ2v) is 15.7. The molecular weight excluding hydrogens is 813 g/mol. The lowest BCUT2D eigenvalue weighted by molar-refractivity contribution is -0.432. The Hall–Kier alpha value is -6.74. The van der Waals surface area contributed by atoms with E-state index in [1.807, 2.05) is 0 Å². The number of nitrogens with two attached hydrogens (primary N) is 1. The molecule has 0 spiro atoms. The molecule has 0 aliphatic heterocycles. The first kappa shape index (κ1) is 39.5. The van der Waals surface area contributed by atoms with Crippen LogP contribution in [0.5, 0.6) is 5.75 Å². The van der Waals surface area contributed by atoms with Crippen LogP contribution in [0.4, 0.5) is 45.5 Å². The van der Waals surface area contributed by atoms with E-state index in [0.717, 1.165) is 0 Å². The van der Waals surface area contributed by atoms with Crippen molar-refractivity contribution < 1.29 is 45.7 Å². The minimum atomic E-state index is -4.65. The van der Waals surface area contributed by atoms with Crippen molar-refractivity contribution in [3.63, 3.8) is 0 Å². The Labute approximate surface area is 332 Å². The first-order valence-corrected chi connectivity index (χ1v) is 19.9. The van der Waals surface area contributed by atoms with E-state index < -0.39 is 30.9 Å². The Kier molecular flexibility index (Phi) is 10.9. The molecule has 290 valence electrons. The predicted octanol–water partition coefficient (Wildman–Crippen LogP) is 11.2. The number of aromatic hydroxyl groups is 1. The van der Waals surface area contributed by atoms with Crippen molar-refractivity contribution in [2.45, 2.75) is 14.7 Å². The number of rotatable bonds is 11. The van der Waals surface area contributed by atoms with Gasteiger partial charge in [0.25, 0.3) is 20.2 Å². The molecule has 7 aromatic carbocycles. The largest absolute Gasteiger partial charge is 0.505 e. The van der Waals surface area contributed by atoms with Gasteiger partial charge in [0.1, 0.15) is 5.69 Å². The molecule has 18 nitrogen and oxygen atoms in total.